The molecule has 1 amide bonds. The minimum absolute atomic E-state index is 0.193. The van der Waals surface area contributed by atoms with Crippen LogP contribution in [0.15, 0.2) is 30.3 Å². The zero-order valence-corrected chi connectivity index (χ0v) is 12.2. The Hall–Kier alpha value is -1.35. The number of rotatable bonds is 5. The van der Waals surface area contributed by atoms with Gasteiger partial charge in [0.15, 0.2) is 0 Å². The average Bonchev–Trinajstić information content (AvgIpc) is 3.21. The van der Waals surface area contributed by atoms with Gasteiger partial charge in [-0.3, -0.25) is 9.69 Å². The van der Waals surface area contributed by atoms with Gasteiger partial charge in [-0.25, -0.2) is 0 Å². The number of benzene rings is 1. The van der Waals surface area contributed by atoms with Crippen molar-refractivity contribution in [3.63, 3.8) is 0 Å². The molecule has 2 aliphatic rings. The lowest BCUT2D eigenvalue weighted by Gasteiger charge is -2.18. The van der Waals surface area contributed by atoms with Crippen LogP contribution in [0, 0.1) is 5.92 Å². The Kier molecular flexibility index (Phi) is 4.06. The molecule has 0 radical (unpaired) electrons. The van der Waals surface area contributed by atoms with Crippen molar-refractivity contribution >= 4 is 5.91 Å². The molecule has 1 N–H and O–H groups in total. The number of hydrogen-bond acceptors (Lipinski definition) is 2. The van der Waals surface area contributed by atoms with Gasteiger partial charge in [0.25, 0.3) is 0 Å². The van der Waals surface area contributed by atoms with Gasteiger partial charge in [0, 0.05) is 12.6 Å². The monoisotopic (exact) mass is 272 g/mol. The smallest absolute Gasteiger partial charge is 0.234 e. The molecule has 0 bridgehead atoms. The first-order valence-corrected chi connectivity index (χ1v) is 7.79. The lowest BCUT2D eigenvalue weighted by Crippen LogP contribution is -2.41. The highest BCUT2D eigenvalue weighted by molar-refractivity contribution is 5.78. The Morgan fingerprint density at radius 1 is 1.30 bits per heavy atom. The zero-order chi connectivity index (χ0) is 13.9. The van der Waals surface area contributed by atoms with Crippen molar-refractivity contribution in [1.29, 1.82) is 0 Å². The average molecular weight is 272 g/mol. The minimum Gasteiger partial charge on any atom is -0.352 e. The lowest BCUT2D eigenvalue weighted by atomic mass is 9.99. The molecule has 1 aliphatic heterocycles. The molecular formula is C17H24N2O. The van der Waals surface area contributed by atoms with E-state index in [0.717, 1.165) is 25.4 Å². The Labute approximate surface area is 121 Å². The second-order valence-electron chi connectivity index (χ2n) is 6.33. The molecule has 3 rings (SSSR count). The maximum Gasteiger partial charge on any atom is 0.234 e. The van der Waals surface area contributed by atoms with Crippen LogP contribution in [-0.2, 0) is 4.79 Å². The number of likely N-dealkylation sites (tertiary alicyclic amines) is 1. The molecule has 3 nitrogen and oxygen atoms in total. The van der Waals surface area contributed by atoms with Crippen molar-refractivity contribution in [2.75, 3.05) is 19.6 Å². The van der Waals surface area contributed by atoms with E-state index in [-0.39, 0.29) is 5.91 Å². The van der Waals surface area contributed by atoms with Crippen LogP contribution in [0.1, 0.15) is 37.7 Å². The normalized spacial score (nSPS) is 24.6. The van der Waals surface area contributed by atoms with E-state index in [1.54, 1.807) is 0 Å². The second kappa shape index (κ2) is 5.96. The Balaban J connectivity index is 1.46. The highest BCUT2D eigenvalue weighted by atomic mass is 16.2. The van der Waals surface area contributed by atoms with E-state index >= 15 is 0 Å². The van der Waals surface area contributed by atoms with Crippen molar-refractivity contribution in [1.82, 2.24) is 10.2 Å². The molecule has 2 atom stereocenters. The van der Waals surface area contributed by atoms with E-state index in [9.17, 15) is 4.79 Å². The highest BCUT2D eigenvalue weighted by Crippen LogP contribution is 2.32. The van der Waals surface area contributed by atoms with Gasteiger partial charge < -0.3 is 5.32 Å². The van der Waals surface area contributed by atoms with Gasteiger partial charge in [-0.2, -0.15) is 0 Å². The molecule has 0 spiro atoms. The molecule has 1 aromatic rings. The fraction of sp³-hybridized carbons (Fsp3) is 0.588. The number of amides is 1. The number of hydrogen-bond donors (Lipinski definition) is 1. The summed E-state index contributed by atoms with van der Waals surface area (Å²) in [7, 11) is 0. The molecule has 0 aromatic heterocycles. The predicted molar refractivity (Wildman–Crippen MR) is 80.6 cm³/mol. The summed E-state index contributed by atoms with van der Waals surface area (Å²) in [5.74, 6) is 1.51. The molecule has 1 saturated carbocycles. The van der Waals surface area contributed by atoms with Crippen molar-refractivity contribution in [3.8, 4) is 0 Å². The molecular weight excluding hydrogens is 248 g/mol. The van der Waals surface area contributed by atoms with Gasteiger partial charge in [0.2, 0.25) is 5.91 Å². The van der Waals surface area contributed by atoms with Crippen LogP contribution >= 0.6 is 0 Å². The number of nitrogens with zero attached hydrogens (tertiary/aromatic N) is 1. The Bertz CT molecular complexity index is 455. The maximum atomic E-state index is 12.0. The summed E-state index contributed by atoms with van der Waals surface area (Å²) in [6.45, 7) is 4.73. The molecule has 1 aromatic carbocycles. The fourth-order valence-corrected chi connectivity index (χ4v) is 3.19. The van der Waals surface area contributed by atoms with Crippen LogP contribution < -0.4 is 5.32 Å². The van der Waals surface area contributed by atoms with E-state index in [1.165, 1.54) is 18.4 Å². The maximum absolute atomic E-state index is 12.0. The second-order valence-corrected chi connectivity index (χ2v) is 6.33. The summed E-state index contributed by atoms with van der Waals surface area (Å²) in [6.07, 6.45) is 3.72. The highest BCUT2D eigenvalue weighted by Gasteiger charge is 2.30. The van der Waals surface area contributed by atoms with E-state index in [1.807, 2.05) is 0 Å². The van der Waals surface area contributed by atoms with E-state index < -0.39 is 0 Å². The SMILES string of the molecule is C[C@H](NC(=O)CN1CC[C@@H](c2ccccc2)C1)C1CC1. The zero-order valence-electron chi connectivity index (χ0n) is 12.2. The first-order chi connectivity index (χ1) is 9.72. The lowest BCUT2D eigenvalue weighted by molar-refractivity contribution is -0.122. The third kappa shape index (κ3) is 3.40. The summed E-state index contributed by atoms with van der Waals surface area (Å²) in [5.41, 5.74) is 1.40. The standard InChI is InChI=1S/C17H24N2O/c1-13(14-7-8-14)18-17(20)12-19-10-9-16(11-19)15-5-3-2-4-6-15/h2-6,13-14,16H,7-12H2,1H3,(H,18,20)/t13-,16+/m0/s1. The molecule has 1 aliphatic carbocycles. The number of carbonyl (C=O) groups excluding carboxylic acids is 1. The summed E-state index contributed by atoms with van der Waals surface area (Å²) < 4.78 is 0. The molecule has 2 fully saturated rings. The van der Waals surface area contributed by atoms with Gasteiger partial charge in [-0.15, -0.1) is 0 Å². The summed E-state index contributed by atoms with van der Waals surface area (Å²) in [6, 6.07) is 11.0. The van der Waals surface area contributed by atoms with Crippen LogP contribution in [0.2, 0.25) is 0 Å². The predicted octanol–water partition coefficient (Wildman–Crippen LogP) is 2.39. The summed E-state index contributed by atoms with van der Waals surface area (Å²) in [5, 5.41) is 3.14. The van der Waals surface area contributed by atoms with Crippen LogP contribution in [0.25, 0.3) is 0 Å². The van der Waals surface area contributed by atoms with E-state index in [4.69, 9.17) is 0 Å². The molecule has 0 unspecified atom stereocenters. The molecule has 108 valence electrons. The van der Waals surface area contributed by atoms with Crippen molar-refractivity contribution in [2.24, 2.45) is 5.92 Å². The summed E-state index contributed by atoms with van der Waals surface area (Å²) >= 11 is 0. The van der Waals surface area contributed by atoms with Gasteiger partial charge in [-0.1, -0.05) is 30.3 Å². The van der Waals surface area contributed by atoms with Gasteiger partial charge in [0.05, 0.1) is 6.54 Å². The van der Waals surface area contributed by atoms with Crippen molar-refractivity contribution in [3.05, 3.63) is 35.9 Å². The van der Waals surface area contributed by atoms with Crippen LogP contribution in [0.4, 0.5) is 0 Å². The third-order valence-electron chi connectivity index (χ3n) is 4.63. The van der Waals surface area contributed by atoms with Gasteiger partial charge >= 0.3 is 0 Å². The van der Waals surface area contributed by atoms with Gasteiger partial charge in [0.1, 0.15) is 0 Å². The van der Waals surface area contributed by atoms with Crippen molar-refractivity contribution < 1.29 is 4.79 Å². The van der Waals surface area contributed by atoms with Crippen LogP contribution in [0.3, 0.4) is 0 Å². The quantitative estimate of drug-likeness (QED) is 0.892. The van der Waals surface area contributed by atoms with E-state index in [0.29, 0.717) is 18.5 Å². The van der Waals surface area contributed by atoms with E-state index in [2.05, 4.69) is 47.5 Å². The number of nitrogens with one attached hydrogen (secondary N) is 1. The number of carbonyl (C=O) groups is 1. The molecule has 1 saturated heterocycles. The topological polar surface area (TPSA) is 32.3 Å². The minimum atomic E-state index is 0.193. The van der Waals surface area contributed by atoms with Gasteiger partial charge in [-0.05, 0) is 50.1 Å². The molecule has 20 heavy (non-hydrogen) atoms. The molecule has 1 heterocycles. The first-order valence-electron chi connectivity index (χ1n) is 7.79. The Morgan fingerprint density at radius 3 is 2.75 bits per heavy atom. The van der Waals surface area contributed by atoms with Crippen LogP contribution in [0.5, 0.6) is 0 Å². The van der Waals surface area contributed by atoms with Crippen LogP contribution in [-0.4, -0.2) is 36.5 Å². The first kappa shape index (κ1) is 13.6. The Morgan fingerprint density at radius 2 is 2.05 bits per heavy atom. The van der Waals surface area contributed by atoms with Crippen molar-refractivity contribution in [2.45, 2.75) is 38.1 Å². The fourth-order valence-electron chi connectivity index (χ4n) is 3.19. The molecule has 3 heteroatoms. The third-order valence-corrected chi connectivity index (χ3v) is 4.63. The largest absolute Gasteiger partial charge is 0.352 e. The summed E-state index contributed by atoms with van der Waals surface area (Å²) in [4.78, 5) is 14.3.